The van der Waals surface area contributed by atoms with Crippen LogP contribution in [0.5, 0.6) is 0 Å². The minimum Gasteiger partial charge on any atom is -0.353 e. The van der Waals surface area contributed by atoms with Gasteiger partial charge in [0.15, 0.2) is 0 Å². The van der Waals surface area contributed by atoms with Gasteiger partial charge < -0.3 is 4.90 Å². The average Bonchev–Trinajstić information content (AvgIpc) is 2.61. The predicted octanol–water partition coefficient (Wildman–Crippen LogP) is 2.89. The molecule has 0 spiro atoms. The van der Waals surface area contributed by atoms with Crippen LogP contribution < -0.4 is 4.90 Å². The number of anilines is 1. The van der Waals surface area contributed by atoms with Gasteiger partial charge in [-0.05, 0) is 24.3 Å². The molecule has 0 N–H and O–H groups in total. The van der Waals surface area contributed by atoms with Crippen molar-refractivity contribution in [3.63, 3.8) is 0 Å². The molecule has 1 aliphatic heterocycles. The number of piperazine rings is 1. The largest absolute Gasteiger partial charge is 0.419 e. The maximum absolute atomic E-state index is 13.8. The molecule has 0 saturated carbocycles. The molecule has 2 aromatic rings. The summed E-state index contributed by atoms with van der Waals surface area (Å²) in [5.74, 6) is -2.41. The first-order valence-corrected chi connectivity index (χ1v) is 9.27. The first kappa shape index (κ1) is 19.5. The summed E-state index contributed by atoms with van der Waals surface area (Å²) in [6.45, 7) is -0.426. The first-order valence-electron chi connectivity index (χ1n) is 7.83. The van der Waals surface area contributed by atoms with Gasteiger partial charge in [0, 0.05) is 38.4 Å². The van der Waals surface area contributed by atoms with Crippen LogP contribution in [0.2, 0.25) is 0 Å². The Kier molecular flexibility index (Phi) is 5.08. The quantitative estimate of drug-likeness (QED) is 0.735. The van der Waals surface area contributed by atoms with Crippen LogP contribution in [0.4, 0.5) is 27.8 Å². The molecule has 0 unspecified atom stereocenters. The molecule has 0 amide bonds. The Bertz CT molecular complexity index is 941. The molecule has 3 rings (SSSR count). The normalized spacial score (nSPS) is 16.6. The second-order valence-electron chi connectivity index (χ2n) is 5.84. The van der Waals surface area contributed by atoms with Crippen molar-refractivity contribution in [3.05, 3.63) is 53.7 Å². The summed E-state index contributed by atoms with van der Waals surface area (Å²) in [4.78, 5) is 4.43. The highest BCUT2D eigenvalue weighted by Gasteiger charge is 2.37. The molecule has 1 saturated heterocycles. The van der Waals surface area contributed by atoms with E-state index in [1.807, 2.05) is 0 Å². The van der Waals surface area contributed by atoms with Gasteiger partial charge in [-0.15, -0.1) is 0 Å². The number of pyridine rings is 1. The van der Waals surface area contributed by atoms with E-state index in [0.717, 1.165) is 22.5 Å². The second-order valence-corrected chi connectivity index (χ2v) is 7.74. The van der Waals surface area contributed by atoms with Gasteiger partial charge in [-0.25, -0.2) is 22.2 Å². The molecule has 1 fully saturated rings. The summed E-state index contributed by atoms with van der Waals surface area (Å²) in [7, 11) is -4.23. The summed E-state index contributed by atoms with van der Waals surface area (Å²) >= 11 is 0. The summed E-state index contributed by atoms with van der Waals surface area (Å²) in [6, 6.07) is 4.19. The van der Waals surface area contributed by atoms with Crippen molar-refractivity contribution >= 4 is 15.8 Å². The molecule has 1 aromatic carbocycles. The zero-order valence-corrected chi connectivity index (χ0v) is 14.6. The van der Waals surface area contributed by atoms with Crippen molar-refractivity contribution in [2.45, 2.75) is 11.1 Å². The molecule has 27 heavy (non-hydrogen) atoms. The van der Waals surface area contributed by atoms with E-state index in [0.29, 0.717) is 6.07 Å². The van der Waals surface area contributed by atoms with Crippen LogP contribution in [0, 0.1) is 11.6 Å². The van der Waals surface area contributed by atoms with Gasteiger partial charge in [-0.1, -0.05) is 0 Å². The highest BCUT2D eigenvalue weighted by Crippen LogP contribution is 2.35. The standard InChI is InChI=1S/C16H14F5N3O2S/c17-11-3-4-14(13(18)10-11)27(25,26)24-8-6-23(7-9-24)15-12(16(19,20)21)2-1-5-22-15/h1-5,10H,6-9H2. The van der Waals surface area contributed by atoms with Crippen LogP contribution in [0.15, 0.2) is 41.4 Å². The molecule has 0 bridgehead atoms. The predicted molar refractivity (Wildman–Crippen MR) is 86.6 cm³/mol. The highest BCUT2D eigenvalue weighted by atomic mass is 32.2. The van der Waals surface area contributed by atoms with E-state index in [1.165, 1.54) is 17.2 Å². The average molecular weight is 407 g/mol. The van der Waals surface area contributed by atoms with E-state index in [9.17, 15) is 30.4 Å². The number of benzene rings is 1. The molecule has 1 aliphatic rings. The highest BCUT2D eigenvalue weighted by molar-refractivity contribution is 7.89. The lowest BCUT2D eigenvalue weighted by Gasteiger charge is -2.35. The fourth-order valence-electron chi connectivity index (χ4n) is 2.83. The van der Waals surface area contributed by atoms with E-state index in [2.05, 4.69) is 4.98 Å². The van der Waals surface area contributed by atoms with Gasteiger partial charge in [-0.2, -0.15) is 17.5 Å². The minimum atomic E-state index is -4.59. The zero-order valence-electron chi connectivity index (χ0n) is 13.7. The molecule has 0 aliphatic carbocycles. The van der Waals surface area contributed by atoms with Crippen molar-refractivity contribution in [2.75, 3.05) is 31.1 Å². The fraction of sp³-hybridized carbons (Fsp3) is 0.312. The van der Waals surface area contributed by atoms with Crippen LogP contribution in [0.25, 0.3) is 0 Å². The third-order valence-electron chi connectivity index (χ3n) is 4.14. The van der Waals surface area contributed by atoms with Crippen LogP contribution in [-0.2, 0) is 16.2 Å². The van der Waals surface area contributed by atoms with Crippen LogP contribution in [0.1, 0.15) is 5.56 Å². The Hall–Kier alpha value is -2.27. The maximum atomic E-state index is 13.8. The van der Waals surface area contributed by atoms with E-state index in [1.54, 1.807) is 0 Å². The van der Waals surface area contributed by atoms with Crippen molar-refractivity contribution in [2.24, 2.45) is 0 Å². The van der Waals surface area contributed by atoms with Crippen LogP contribution in [0.3, 0.4) is 0 Å². The lowest BCUT2D eigenvalue weighted by atomic mass is 10.2. The Morgan fingerprint density at radius 1 is 1.00 bits per heavy atom. The third kappa shape index (κ3) is 3.88. The molecule has 2 heterocycles. The molecule has 0 radical (unpaired) electrons. The first-order chi connectivity index (χ1) is 12.6. The summed E-state index contributed by atoms with van der Waals surface area (Å²) in [5.41, 5.74) is -0.911. The molecule has 1 aromatic heterocycles. The van der Waals surface area contributed by atoms with E-state index in [-0.39, 0.29) is 32.0 Å². The SMILES string of the molecule is O=S(=O)(c1ccc(F)cc1F)N1CCN(c2ncccc2C(F)(F)F)CC1. The molecular formula is C16H14F5N3O2S. The van der Waals surface area contributed by atoms with Crippen molar-refractivity contribution in [3.8, 4) is 0 Å². The summed E-state index contributed by atoms with van der Waals surface area (Å²) < 4.78 is 92.2. The van der Waals surface area contributed by atoms with E-state index in [4.69, 9.17) is 0 Å². The number of nitrogens with zero attached hydrogens (tertiary/aromatic N) is 3. The number of sulfonamides is 1. The van der Waals surface area contributed by atoms with E-state index < -0.39 is 38.3 Å². The summed E-state index contributed by atoms with van der Waals surface area (Å²) in [6.07, 6.45) is -3.37. The molecule has 146 valence electrons. The molecule has 11 heteroatoms. The van der Waals surface area contributed by atoms with Gasteiger partial charge in [0.2, 0.25) is 10.0 Å². The molecular weight excluding hydrogens is 393 g/mol. The number of aromatic nitrogens is 1. The lowest BCUT2D eigenvalue weighted by Crippen LogP contribution is -2.49. The number of hydrogen-bond acceptors (Lipinski definition) is 4. The van der Waals surface area contributed by atoms with Crippen LogP contribution in [-0.4, -0.2) is 43.9 Å². The Morgan fingerprint density at radius 2 is 1.67 bits per heavy atom. The van der Waals surface area contributed by atoms with Gasteiger partial charge in [0.25, 0.3) is 0 Å². The molecule has 0 atom stereocenters. The van der Waals surface area contributed by atoms with Crippen molar-refractivity contribution in [1.29, 1.82) is 0 Å². The molecule has 5 nitrogen and oxygen atoms in total. The third-order valence-corrected chi connectivity index (χ3v) is 6.07. The van der Waals surface area contributed by atoms with Gasteiger partial charge >= 0.3 is 6.18 Å². The minimum absolute atomic E-state index is 0.0534. The lowest BCUT2D eigenvalue weighted by molar-refractivity contribution is -0.137. The number of hydrogen-bond donors (Lipinski definition) is 0. The second kappa shape index (κ2) is 7.04. The monoisotopic (exact) mass is 407 g/mol. The smallest absolute Gasteiger partial charge is 0.353 e. The zero-order chi connectivity index (χ0) is 19.8. The maximum Gasteiger partial charge on any atom is 0.419 e. The van der Waals surface area contributed by atoms with Crippen LogP contribution >= 0.6 is 0 Å². The van der Waals surface area contributed by atoms with Gasteiger partial charge in [0.05, 0.1) is 5.56 Å². The number of halogens is 5. The van der Waals surface area contributed by atoms with Gasteiger partial charge in [0.1, 0.15) is 22.3 Å². The Morgan fingerprint density at radius 3 is 2.26 bits per heavy atom. The van der Waals surface area contributed by atoms with Crippen molar-refractivity contribution < 1.29 is 30.4 Å². The van der Waals surface area contributed by atoms with E-state index >= 15 is 0 Å². The topological polar surface area (TPSA) is 53.5 Å². The Labute approximate surface area is 152 Å². The Balaban J connectivity index is 1.80. The number of alkyl halides is 3. The summed E-state index contributed by atoms with van der Waals surface area (Å²) in [5, 5.41) is 0. The van der Waals surface area contributed by atoms with Gasteiger partial charge in [-0.3, -0.25) is 0 Å². The fourth-order valence-corrected chi connectivity index (χ4v) is 4.30. The number of rotatable bonds is 3. The van der Waals surface area contributed by atoms with Crippen molar-refractivity contribution in [1.82, 2.24) is 9.29 Å².